The molecule has 1 unspecified atom stereocenters. The van der Waals surface area contributed by atoms with Gasteiger partial charge in [0.25, 0.3) is 0 Å². The second kappa shape index (κ2) is 7.76. The number of anilines is 1. The second-order valence-electron chi connectivity index (χ2n) is 5.27. The highest BCUT2D eigenvalue weighted by atomic mass is 32.2. The van der Waals surface area contributed by atoms with Crippen LogP contribution in [0.15, 0.2) is 46.8 Å². The number of fused-ring (bicyclic) bond motifs is 1. The van der Waals surface area contributed by atoms with Crippen molar-refractivity contribution < 1.29 is 14.3 Å². The largest absolute Gasteiger partial charge is 0.493 e. The highest BCUT2D eigenvalue weighted by molar-refractivity contribution is 8.02. The predicted molar refractivity (Wildman–Crippen MR) is 103 cm³/mol. The third kappa shape index (κ3) is 4.05. The van der Waals surface area contributed by atoms with Gasteiger partial charge in [0.1, 0.15) is 0 Å². The van der Waals surface area contributed by atoms with Gasteiger partial charge in [0.15, 0.2) is 15.8 Å². The van der Waals surface area contributed by atoms with Crippen molar-refractivity contribution in [1.82, 2.24) is 4.98 Å². The molecule has 3 rings (SSSR count). The standard InChI is InChI=1S/C18H18N2O3S2/c1-11(24-18-20-13-6-4-5-7-16(13)25-18)17(21)19-12-8-9-14(22-2)15(10-12)23-3/h4-11H,1-3H3,(H,19,21). The minimum atomic E-state index is -0.270. The molecule has 7 heteroatoms. The molecule has 2 aromatic carbocycles. The average molecular weight is 374 g/mol. The Kier molecular flexibility index (Phi) is 5.45. The number of carbonyl (C=O) groups is 1. The fourth-order valence-electron chi connectivity index (χ4n) is 2.26. The summed E-state index contributed by atoms with van der Waals surface area (Å²) < 4.78 is 12.5. The lowest BCUT2D eigenvalue weighted by Crippen LogP contribution is -2.22. The Morgan fingerprint density at radius 2 is 1.92 bits per heavy atom. The van der Waals surface area contributed by atoms with Gasteiger partial charge in [-0.3, -0.25) is 4.79 Å². The minimum Gasteiger partial charge on any atom is -0.493 e. The van der Waals surface area contributed by atoms with Crippen molar-refractivity contribution in [3.63, 3.8) is 0 Å². The van der Waals surface area contributed by atoms with Gasteiger partial charge in [0.05, 0.1) is 29.7 Å². The van der Waals surface area contributed by atoms with Crippen molar-refractivity contribution >= 4 is 44.9 Å². The van der Waals surface area contributed by atoms with Crippen molar-refractivity contribution in [2.45, 2.75) is 16.5 Å². The van der Waals surface area contributed by atoms with Gasteiger partial charge in [-0.25, -0.2) is 4.98 Å². The van der Waals surface area contributed by atoms with Gasteiger partial charge >= 0.3 is 0 Å². The zero-order chi connectivity index (χ0) is 17.8. The van der Waals surface area contributed by atoms with Crippen molar-refractivity contribution in [3.05, 3.63) is 42.5 Å². The number of thiazole rings is 1. The maximum atomic E-state index is 12.5. The molecule has 0 fully saturated rings. The van der Waals surface area contributed by atoms with Crippen LogP contribution in [0.2, 0.25) is 0 Å². The molecule has 130 valence electrons. The molecule has 0 radical (unpaired) electrons. The van der Waals surface area contributed by atoms with E-state index in [1.165, 1.54) is 11.8 Å². The number of benzene rings is 2. The summed E-state index contributed by atoms with van der Waals surface area (Å²) in [6.07, 6.45) is 0. The molecule has 1 atom stereocenters. The molecular formula is C18H18N2O3S2. The number of nitrogens with one attached hydrogen (secondary N) is 1. The molecule has 0 saturated heterocycles. The van der Waals surface area contributed by atoms with Crippen LogP contribution >= 0.6 is 23.1 Å². The van der Waals surface area contributed by atoms with E-state index >= 15 is 0 Å². The smallest absolute Gasteiger partial charge is 0.237 e. The lowest BCUT2D eigenvalue weighted by molar-refractivity contribution is -0.115. The van der Waals surface area contributed by atoms with Gasteiger partial charge in [0.2, 0.25) is 5.91 Å². The lowest BCUT2D eigenvalue weighted by Gasteiger charge is -2.13. The Labute approximate surface area is 154 Å². The van der Waals surface area contributed by atoms with Crippen LogP contribution in [0.1, 0.15) is 6.92 Å². The Bertz CT molecular complexity index is 862. The average Bonchev–Trinajstić information content (AvgIpc) is 3.03. The summed E-state index contributed by atoms with van der Waals surface area (Å²) in [4.78, 5) is 17.0. The maximum Gasteiger partial charge on any atom is 0.237 e. The molecule has 25 heavy (non-hydrogen) atoms. The topological polar surface area (TPSA) is 60.5 Å². The van der Waals surface area contributed by atoms with E-state index in [0.29, 0.717) is 17.2 Å². The number of carbonyl (C=O) groups excluding carboxylic acids is 1. The van der Waals surface area contributed by atoms with Crippen LogP contribution < -0.4 is 14.8 Å². The first kappa shape index (κ1) is 17.6. The van der Waals surface area contributed by atoms with Crippen LogP contribution in [0, 0.1) is 0 Å². The molecule has 0 aliphatic carbocycles. The van der Waals surface area contributed by atoms with E-state index in [-0.39, 0.29) is 11.2 Å². The maximum absolute atomic E-state index is 12.5. The van der Waals surface area contributed by atoms with E-state index < -0.39 is 0 Å². The first-order chi connectivity index (χ1) is 12.1. The minimum absolute atomic E-state index is 0.0866. The van der Waals surface area contributed by atoms with E-state index in [1.807, 2.05) is 31.2 Å². The third-order valence-corrected chi connectivity index (χ3v) is 5.80. The van der Waals surface area contributed by atoms with Gasteiger partial charge in [-0.15, -0.1) is 11.3 Å². The fraction of sp³-hybridized carbons (Fsp3) is 0.222. The number of hydrogen-bond acceptors (Lipinski definition) is 6. The van der Waals surface area contributed by atoms with Gasteiger partial charge in [-0.1, -0.05) is 23.9 Å². The van der Waals surface area contributed by atoms with Gasteiger partial charge in [-0.2, -0.15) is 0 Å². The number of aromatic nitrogens is 1. The highest BCUT2D eigenvalue weighted by Crippen LogP contribution is 2.33. The lowest BCUT2D eigenvalue weighted by atomic mass is 10.2. The van der Waals surface area contributed by atoms with Crippen LogP contribution in [0.4, 0.5) is 5.69 Å². The molecule has 1 N–H and O–H groups in total. The van der Waals surface area contributed by atoms with Crippen molar-refractivity contribution in [3.8, 4) is 11.5 Å². The predicted octanol–water partition coefficient (Wildman–Crippen LogP) is 4.43. The molecule has 0 spiro atoms. The normalized spacial score (nSPS) is 12.0. The highest BCUT2D eigenvalue weighted by Gasteiger charge is 2.17. The van der Waals surface area contributed by atoms with E-state index in [1.54, 1.807) is 43.8 Å². The molecular weight excluding hydrogens is 356 g/mol. The fourth-order valence-corrected chi connectivity index (χ4v) is 4.48. The van der Waals surface area contributed by atoms with E-state index in [0.717, 1.165) is 14.6 Å². The van der Waals surface area contributed by atoms with Gasteiger partial charge < -0.3 is 14.8 Å². The number of ether oxygens (including phenoxy) is 2. The Morgan fingerprint density at radius 1 is 1.16 bits per heavy atom. The molecule has 0 aliphatic heterocycles. The monoisotopic (exact) mass is 374 g/mol. The molecule has 1 amide bonds. The van der Waals surface area contributed by atoms with Crippen molar-refractivity contribution in [2.75, 3.05) is 19.5 Å². The summed E-state index contributed by atoms with van der Waals surface area (Å²) in [7, 11) is 3.14. The molecule has 5 nitrogen and oxygen atoms in total. The number of para-hydroxylation sites is 1. The van der Waals surface area contributed by atoms with Crippen LogP contribution in [-0.2, 0) is 4.79 Å². The number of amides is 1. The zero-order valence-corrected chi connectivity index (χ0v) is 15.7. The quantitative estimate of drug-likeness (QED) is 0.647. The van der Waals surface area contributed by atoms with Crippen LogP contribution in [0.3, 0.4) is 0 Å². The second-order valence-corrected chi connectivity index (χ2v) is 7.89. The Morgan fingerprint density at radius 3 is 2.64 bits per heavy atom. The summed E-state index contributed by atoms with van der Waals surface area (Å²) in [6, 6.07) is 13.3. The number of methoxy groups -OCH3 is 2. The van der Waals surface area contributed by atoms with E-state index in [2.05, 4.69) is 10.3 Å². The summed E-state index contributed by atoms with van der Waals surface area (Å²) in [5.74, 6) is 1.11. The zero-order valence-electron chi connectivity index (χ0n) is 14.1. The molecule has 3 aromatic rings. The summed E-state index contributed by atoms with van der Waals surface area (Å²) >= 11 is 3.05. The number of thioether (sulfide) groups is 1. The number of nitrogens with zero attached hydrogens (tertiary/aromatic N) is 1. The summed E-state index contributed by atoms with van der Waals surface area (Å²) in [6.45, 7) is 1.87. The number of hydrogen-bond donors (Lipinski definition) is 1. The van der Waals surface area contributed by atoms with Gasteiger partial charge in [-0.05, 0) is 31.2 Å². The molecule has 1 heterocycles. The summed E-state index contributed by atoms with van der Waals surface area (Å²) in [5, 5.41) is 2.63. The Hall–Kier alpha value is -2.25. The molecule has 0 bridgehead atoms. The summed E-state index contributed by atoms with van der Waals surface area (Å²) in [5.41, 5.74) is 1.63. The first-order valence-electron chi connectivity index (χ1n) is 7.66. The van der Waals surface area contributed by atoms with Crippen LogP contribution in [0.5, 0.6) is 11.5 Å². The third-order valence-electron chi connectivity index (χ3n) is 3.57. The first-order valence-corrected chi connectivity index (χ1v) is 9.35. The van der Waals surface area contributed by atoms with E-state index in [9.17, 15) is 4.79 Å². The van der Waals surface area contributed by atoms with E-state index in [4.69, 9.17) is 9.47 Å². The Balaban J connectivity index is 1.68. The molecule has 0 aliphatic rings. The number of rotatable bonds is 6. The van der Waals surface area contributed by atoms with Gasteiger partial charge in [0, 0.05) is 11.8 Å². The van der Waals surface area contributed by atoms with Crippen LogP contribution in [0.25, 0.3) is 10.2 Å². The SMILES string of the molecule is COc1ccc(NC(=O)C(C)Sc2nc3ccccc3s2)cc1OC. The van der Waals surface area contributed by atoms with Crippen molar-refractivity contribution in [1.29, 1.82) is 0 Å². The molecule has 0 saturated carbocycles. The van der Waals surface area contributed by atoms with Crippen LogP contribution in [-0.4, -0.2) is 30.4 Å². The van der Waals surface area contributed by atoms with Crippen molar-refractivity contribution in [2.24, 2.45) is 0 Å². The molecule has 1 aromatic heterocycles.